The standard InChI is InChI=1S/C32H34ClN11O10S2/c1-44(14-2-3-15(44)7-13(6-14)35-27(49)16-4-5-18(45)25(48)21(16)33)9-12-10-55-30-23(29(51)43(30)24(12)26-38-41-42-39-26)37-28(50)22(17-11-56-32(34)36-17)40-54-19(31(52)53)8-20(46)47/h4-5,11,13-15,19,23,30H,2-3,6-10H2,1H3,(H8-,34,35,36,37,38,39,40,41,42,45,46,47,48,49,50,52,53)/p+1/t13-,14+,15-,19-,23+,30+,44?/m0/s1. The van der Waals surface area contributed by atoms with E-state index in [0.717, 1.165) is 29.8 Å². The summed E-state index contributed by atoms with van der Waals surface area (Å²) < 4.78 is 0.650. The number of carbonyl (C=O) groups excluding carboxylic acids is 3. The number of nitrogens with two attached hydrogens (primary N) is 1. The largest absolute Gasteiger partial charge is 0.504 e. The van der Waals surface area contributed by atoms with Crippen LogP contribution in [0.1, 0.15) is 54.0 Å². The molecule has 0 saturated carbocycles. The molecule has 2 aromatic heterocycles. The number of fused-ring (bicyclic) bond motifs is 3. The van der Waals surface area contributed by atoms with Crippen molar-refractivity contribution in [3.8, 4) is 11.5 Å². The van der Waals surface area contributed by atoms with Gasteiger partial charge < -0.3 is 46.1 Å². The normalized spacial score (nSPS) is 26.2. The van der Waals surface area contributed by atoms with Crippen molar-refractivity contribution < 1.29 is 53.7 Å². The van der Waals surface area contributed by atoms with Crippen LogP contribution in [0.25, 0.3) is 5.70 Å². The molecule has 3 fully saturated rings. The summed E-state index contributed by atoms with van der Waals surface area (Å²) in [4.78, 5) is 73.9. The number of β-lactam (4-membered cyclic amide) rings is 1. The number of amides is 3. The number of anilines is 1. The highest BCUT2D eigenvalue weighted by Crippen LogP contribution is 2.47. The van der Waals surface area contributed by atoms with Crippen molar-refractivity contribution in [2.24, 2.45) is 5.16 Å². The molecular formula is C32H35ClN11O10S2+. The van der Waals surface area contributed by atoms with Gasteiger partial charge in [-0.25, -0.2) is 14.9 Å². The number of aliphatic carboxylic acids is 2. The number of likely N-dealkylation sites (N-methyl/N-ethyl adjacent to an activating group) is 1. The quantitative estimate of drug-likeness (QED) is 0.0378. The second kappa shape index (κ2) is 15.2. The van der Waals surface area contributed by atoms with Gasteiger partial charge in [0.05, 0.1) is 41.8 Å². The molecule has 6 heterocycles. The van der Waals surface area contributed by atoms with Gasteiger partial charge in [0.1, 0.15) is 23.7 Å². The number of oxime groups is 1. The van der Waals surface area contributed by atoms with E-state index >= 15 is 0 Å². The minimum Gasteiger partial charge on any atom is -0.504 e. The van der Waals surface area contributed by atoms with Crippen LogP contribution in [0.15, 0.2) is 28.2 Å². The minimum absolute atomic E-state index is 0.0577. The third-order valence-corrected chi connectivity index (χ3v) is 13.0. The monoisotopic (exact) mass is 832 g/mol. The van der Waals surface area contributed by atoms with Gasteiger partial charge in [0.15, 0.2) is 28.2 Å². The van der Waals surface area contributed by atoms with Crippen LogP contribution in [-0.4, -0.2) is 146 Å². The molecule has 1 aromatic carbocycles. The third kappa shape index (κ3) is 7.17. The number of carbonyl (C=O) groups is 5. The van der Waals surface area contributed by atoms with Crippen LogP contribution in [0.5, 0.6) is 11.5 Å². The first-order valence-corrected chi connectivity index (χ1v) is 19.4. The number of quaternary nitrogens is 1. The van der Waals surface area contributed by atoms with Crippen LogP contribution >= 0.6 is 34.7 Å². The Morgan fingerprint density at radius 3 is 2.54 bits per heavy atom. The SMILES string of the molecule is C[N+]1(CC2=C(c3nnn[nH]3)N3C(=O)[C@@H](NC(=O)/C(=N\O[C@@H](CC(=O)O)C(=O)O)c4csc(N)n4)[C@H]3SC2)[C@@H]2CC[C@H]1C[C@@H](NC(=O)c1ccc(O)c(O)c1Cl)C2. The maximum atomic E-state index is 13.9. The molecule has 0 radical (unpaired) electrons. The van der Waals surface area contributed by atoms with Crippen molar-refractivity contribution in [2.45, 2.75) is 67.7 Å². The van der Waals surface area contributed by atoms with Crippen molar-refractivity contribution >= 4 is 80.9 Å². The van der Waals surface area contributed by atoms with Gasteiger partial charge in [-0.2, -0.15) is 0 Å². The number of nitrogen functional groups attached to an aromatic ring is 1. The van der Waals surface area contributed by atoms with Crippen molar-refractivity contribution in [1.29, 1.82) is 0 Å². The Balaban J connectivity index is 1.08. The summed E-state index contributed by atoms with van der Waals surface area (Å²) in [6, 6.07) is 1.66. The fourth-order valence-electron chi connectivity index (χ4n) is 7.87. The second-order valence-electron chi connectivity index (χ2n) is 13.9. The smallest absolute Gasteiger partial charge is 0.348 e. The average molecular weight is 833 g/mol. The van der Waals surface area contributed by atoms with Gasteiger partial charge in [0, 0.05) is 48.4 Å². The molecule has 1 unspecified atom stereocenters. The molecule has 24 heteroatoms. The van der Waals surface area contributed by atoms with Crippen molar-refractivity contribution in [3.63, 3.8) is 0 Å². The number of tetrazole rings is 1. The van der Waals surface area contributed by atoms with E-state index in [2.05, 4.69) is 48.4 Å². The summed E-state index contributed by atoms with van der Waals surface area (Å²) in [5.74, 6) is -5.20. The lowest BCUT2D eigenvalue weighted by molar-refractivity contribution is -0.944. The first kappa shape index (κ1) is 38.7. The van der Waals surface area contributed by atoms with E-state index in [1.807, 2.05) is 0 Å². The number of aromatic hydroxyl groups is 2. The maximum Gasteiger partial charge on any atom is 0.348 e. The minimum atomic E-state index is -1.91. The fraction of sp³-hybridized carbons (Fsp3) is 0.438. The first-order valence-electron chi connectivity index (χ1n) is 17.1. The van der Waals surface area contributed by atoms with Crippen molar-refractivity contribution in [2.75, 3.05) is 25.1 Å². The molecule has 3 saturated heterocycles. The third-order valence-electron chi connectivity index (χ3n) is 10.6. The number of thioether (sulfide) groups is 1. The molecule has 21 nitrogen and oxygen atoms in total. The van der Waals surface area contributed by atoms with E-state index in [1.165, 1.54) is 34.2 Å². The van der Waals surface area contributed by atoms with Crippen LogP contribution in [0, 0.1) is 0 Å². The number of hydrogen-bond acceptors (Lipinski definition) is 16. The molecule has 56 heavy (non-hydrogen) atoms. The molecule has 7 atom stereocenters. The molecule has 3 aromatic rings. The summed E-state index contributed by atoms with van der Waals surface area (Å²) in [7, 11) is 2.16. The number of carboxylic acid groups (broad SMARTS) is 2. The van der Waals surface area contributed by atoms with Crippen LogP contribution in [0.4, 0.5) is 5.13 Å². The first-order chi connectivity index (χ1) is 26.7. The van der Waals surface area contributed by atoms with E-state index in [1.54, 1.807) is 0 Å². The topological polar surface area (TPSA) is 309 Å². The number of hydrogen-bond donors (Lipinski definition) is 8. The number of nitrogens with one attached hydrogen (secondary N) is 3. The zero-order valence-corrected chi connectivity index (χ0v) is 31.7. The number of aromatic amines is 1. The van der Waals surface area contributed by atoms with E-state index in [9.17, 15) is 39.3 Å². The summed E-state index contributed by atoms with van der Waals surface area (Å²) in [6.07, 6.45) is 0.313. The molecule has 4 aliphatic rings. The number of piperidine rings is 1. The number of benzene rings is 1. The number of aromatic nitrogens is 5. The average Bonchev–Trinajstić information content (AvgIpc) is 3.86. The maximum absolute atomic E-state index is 13.9. The highest BCUT2D eigenvalue weighted by molar-refractivity contribution is 8.00. The molecule has 7 rings (SSSR count). The fourth-order valence-corrected chi connectivity index (χ4v) is 10.00. The summed E-state index contributed by atoms with van der Waals surface area (Å²) in [5.41, 5.74) is 6.63. The molecule has 2 bridgehead atoms. The lowest BCUT2D eigenvalue weighted by Crippen LogP contribution is -2.70. The molecular weight excluding hydrogens is 798 g/mol. The molecule has 296 valence electrons. The predicted octanol–water partition coefficient (Wildman–Crippen LogP) is 0.333. The molecule has 0 aliphatic carbocycles. The number of rotatable bonds is 13. The molecule has 3 amide bonds. The van der Waals surface area contributed by atoms with Gasteiger partial charge in [-0.1, -0.05) is 16.8 Å². The van der Waals surface area contributed by atoms with Crippen molar-refractivity contribution in [1.82, 2.24) is 41.1 Å². The van der Waals surface area contributed by atoms with Gasteiger partial charge in [0.25, 0.3) is 17.7 Å². The number of phenolic OH excluding ortho intramolecular Hbond substituents is 2. The summed E-state index contributed by atoms with van der Waals surface area (Å²) in [5, 5.41) is 62.6. The van der Waals surface area contributed by atoms with E-state index in [4.69, 9.17) is 27.3 Å². The number of nitrogens with zero attached hydrogens (tertiary/aromatic N) is 7. The van der Waals surface area contributed by atoms with Crippen LogP contribution < -0.4 is 16.4 Å². The molecule has 4 aliphatic heterocycles. The lowest BCUT2D eigenvalue weighted by Gasteiger charge is -2.52. The highest BCUT2D eigenvalue weighted by Gasteiger charge is 2.57. The lowest BCUT2D eigenvalue weighted by atomic mass is 9.92. The predicted molar refractivity (Wildman–Crippen MR) is 197 cm³/mol. The Morgan fingerprint density at radius 2 is 1.91 bits per heavy atom. The Labute approximate surface area is 329 Å². The van der Waals surface area contributed by atoms with Gasteiger partial charge in [0.2, 0.25) is 6.10 Å². The summed E-state index contributed by atoms with van der Waals surface area (Å²) >= 11 is 8.54. The number of H-pyrrole nitrogens is 1. The number of halogens is 1. The van der Waals surface area contributed by atoms with Gasteiger partial charge in [-0.15, -0.1) is 28.2 Å². The van der Waals surface area contributed by atoms with Gasteiger partial charge in [-0.3, -0.25) is 24.1 Å². The second-order valence-corrected chi connectivity index (χ2v) is 16.3. The van der Waals surface area contributed by atoms with Crippen LogP contribution in [-0.2, 0) is 24.0 Å². The van der Waals surface area contributed by atoms with E-state index in [0.29, 0.717) is 35.3 Å². The highest BCUT2D eigenvalue weighted by atomic mass is 35.5. The van der Waals surface area contributed by atoms with Crippen LogP contribution in [0.3, 0.4) is 0 Å². The number of thiazole rings is 1. The number of phenols is 2. The zero-order valence-electron chi connectivity index (χ0n) is 29.3. The Kier molecular flexibility index (Phi) is 10.5. The summed E-state index contributed by atoms with van der Waals surface area (Å²) in [6.45, 7) is 0.546. The Morgan fingerprint density at radius 1 is 1.18 bits per heavy atom. The van der Waals surface area contributed by atoms with Crippen LogP contribution in [0.2, 0.25) is 5.02 Å². The molecule has 9 N–H and O–H groups in total. The van der Waals surface area contributed by atoms with E-state index in [-0.39, 0.29) is 45.4 Å². The Hall–Kier alpha value is -5.52. The number of carboxylic acids is 2. The zero-order chi connectivity index (χ0) is 40.1. The van der Waals surface area contributed by atoms with E-state index < -0.39 is 70.8 Å². The molecule has 0 spiro atoms. The van der Waals surface area contributed by atoms with Gasteiger partial charge >= 0.3 is 11.9 Å². The van der Waals surface area contributed by atoms with Gasteiger partial charge in [-0.05, 0) is 22.6 Å². The van der Waals surface area contributed by atoms with Crippen molar-refractivity contribution in [3.05, 3.63) is 45.2 Å². The Bertz CT molecular complexity index is 2150.